The van der Waals surface area contributed by atoms with Crippen molar-refractivity contribution in [2.24, 2.45) is 15.9 Å². The first-order valence-electron chi connectivity index (χ1n) is 7.86. The van der Waals surface area contributed by atoms with Crippen LogP contribution in [-0.4, -0.2) is 35.5 Å². The van der Waals surface area contributed by atoms with E-state index in [4.69, 9.17) is 15.3 Å². The van der Waals surface area contributed by atoms with Crippen molar-refractivity contribution in [3.63, 3.8) is 0 Å². The minimum atomic E-state index is -0.532. The molecular formula is C15H26N4O3. The minimum absolute atomic E-state index is 0.0652. The Morgan fingerprint density at radius 2 is 2.23 bits per heavy atom. The number of nitrogens with one attached hydrogen (secondary N) is 1. The molecule has 3 N–H and O–H groups in total. The molecule has 2 rings (SSSR count). The molecule has 1 amide bonds. The lowest BCUT2D eigenvalue weighted by Crippen LogP contribution is -2.36. The van der Waals surface area contributed by atoms with Gasteiger partial charge in [-0.15, -0.1) is 0 Å². The van der Waals surface area contributed by atoms with Gasteiger partial charge in [-0.3, -0.25) is 10.3 Å². The van der Waals surface area contributed by atoms with Gasteiger partial charge < -0.3 is 15.3 Å². The summed E-state index contributed by atoms with van der Waals surface area (Å²) < 4.78 is 5.19. The monoisotopic (exact) mass is 310 g/mol. The van der Waals surface area contributed by atoms with E-state index in [9.17, 15) is 4.79 Å². The summed E-state index contributed by atoms with van der Waals surface area (Å²) in [6.07, 6.45) is 4.88. The van der Waals surface area contributed by atoms with Crippen molar-refractivity contribution in [3.8, 4) is 0 Å². The number of alkyl carbamates (subject to hydrolysis) is 1. The molecule has 2 atom stereocenters. The lowest BCUT2D eigenvalue weighted by molar-refractivity contribution is 0.0560. The molecule has 0 aromatic rings. The van der Waals surface area contributed by atoms with Gasteiger partial charge in [0.15, 0.2) is 5.84 Å². The van der Waals surface area contributed by atoms with E-state index in [1.165, 1.54) is 0 Å². The molecule has 2 aliphatic heterocycles. The Hall–Kier alpha value is -1.79. The van der Waals surface area contributed by atoms with E-state index in [1.54, 1.807) is 0 Å². The normalized spacial score (nSPS) is 25.6. The van der Waals surface area contributed by atoms with Gasteiger partial charge in [0.25, 0.3) is 0 Å². The topological polar surface area (TPSA) is 98.3 Å². The van der Waals surface area contributed by atoms with Crippen molar-refractivity contribution < 1.29 is 14.4 Å². The molecule has 7 nitrogen and oxygen atoms in total. The van der Waals surface area contributed by atoms with Crippen LogP contribution in [0.15, 0.2) is 10.1 Å². The van der Waals surface area contributed by atoms with Crippen LogP contribution in [0.25, 0.3) is 0 Å². The molecule has 2 heterocycles. The van der Waals surface area contributed by atoms with Crippen LogP contribution in [0.2, 0.25) is 0 Å². The van der Waals surface area contributed by atoms with Crippen molar-refractivity contribution >= 4 is 17.8 Å². The van der Waals surface area contributed by atoms with E-state index >= 15 is 0 Å². The summed E-state index contributed by atoms with van der Waals surface area (Å²) in [5.74, 6) is 1.23. The standard InChI is InChI=1S/C15H26N4O3/c1-15(2,3)21-14(20)18-13-9-11(22-19-13)8-10-6-4-5-7-12(16)17-10/h10-11H,4-9H2,1-3H3,(H2,16,17)(H,18,19,20). The molecule has 0 aromatic carbocycles. The van der Waals surface area contributed by atoms with Crippen molar-refractivity contribution in [2.45, 2.75) is 77.0 Å². The predicted octanol–water partition coefficient (Wildman–Crippen LogP) is 2.30. The van der Waals surface area contributed by atoms with Crippen LogP contribution in [-0.2, 0) is 9.57 Å². The zero-order valence-electron chi connectivity index (χ0n) is 13.6. The maximum absolute atomic E-state index is 11.7. The molecule has 0 aliphatic carbocycles. The number of carbonyl (C=O) groups excluding carboxylic acids is 1. The summed E-state index contributed by atoms with van der Waals surface area (Å²) in [5.41, 5.74) is 5.33. The van der Waals surface area contributed by atoms with E-state index in [2.05, 4.69) is 15.5 Å². The van der Waals surface area contributed by atoms with Crippen molar-refractivity contribution in [3.05, 3.63) is 0 Å². The third-order valence-corrected chi connectivity index (χ3v) is 3.48. The summed E-state index contributed by atoms with van der Waals surface area (Å²) in [5, 5.41) is 6.55. The van der Waals surface area contributed by atoms with Crippen LogP contribution < -0.4 is 11.1 Å². The first kappa shape index (κ1) is 16.6. The lowest BCUT2D eigenvalue weighted by Gasteiger charge is -2.19. The molecule has 0 saturated heterocycles. The molecule has 0 saturated carbocycles. The Morgan fingerprint density at radius 3 is 2.95 bits per heavy atom. The highest BCUT2D eigenvalue weighted by Crippen LogP contribution is 2.22. The van der Waals surface area contributed by atoms with Crippen LogP contribution in [0.3, 0.4) is 0 Å². The number of nitrogens with two attached hydrogens (primary N) is 1. The van der Waals surface area contributed by atoms with Gasteiger partial charge in [0.1, 0.15) is 11.7 Å². The number of oxime groups is 1. The first-order valence-corrected chi connectivity index (χ1v) is 7.86. The average molecular weight is 310 g/mol. The van der Waals surface area contributed by atoms with Gasteiger partial charge in [-0.25, -0.2) is 4.79 Å². The summed E-state index contributed by atoms with van der Waals surface area (Å²) in [7, 11) is 0. The number of aliphatic imine (C=N–C) groups is 1. The SMILES string of the molecule is CC(C)(C)OC(=O)NC1=NOC(CC2CCCCC(N)=N2)C1. The van der Waals surface area contributed by atoms with Gasteiger partial charge in [-0.1, -0.05) is 11.6 Å². The Morgan fingerprint density at radius 1 is 1.45 bits per heavy atom. The Labute approximate surface area is 131 Å². The Balaban J connectivity index is 1.77. The summed E-state index contributed by atoms with van der Waals surface area (Å²) in [6, 6.07) is 0.184. The third kappa shape index (κ3) is 5.54. The average Bonchev–Trinajstić information content (AvgIpc) is 2.68. The van der Waals surface area contributed by atoms with Crippen LogP contribution >= 0.6 is 0 Å². The van der Waals surface area contributed by atoms with E-state index < -0.39 is 11.7 Å². The summed E-state index contributed by atoms with van der Waals surface area (Å²) in [6.45, 7) is 5.45. The number of nitrogens with zero attached hydrogens (tertiary/aromatic N) is 2. The number of rotatable bonds is 2. The Kier molecular flexibility index (Phi) is 5.26. The number of amides is 1. The van der Waals surface area contributed by atoms with Gasteiger partial charge in [0.2, 0.25) is 0 Å². The molecular weight excluding hydrogens is 284 g/mol. The number of ether oxygens (including phenoxy) is 1. The molecule has 0 spiro atoms. The van der Waals surface area contributed by atoms with Crippen LogP contribution in [0.4, 0.5) is 4.79 Å². The number of hydrogen-bond acceptors (Lipinski definition) is 6. The molecule has 2 unspecified atom stereocenters. The number of amidine groups is 2. The molecule has 0 bridgehead atoms. The van der Waals surface area contributed by atoms with Crippen LogP contribution in [0, 0.1) is 0 Å². The second-order valence-electron chi connectivity index (χ2n) is 6.85. The largest absolute Gasteiger partial charge is 0.444 e. The highest BCUT2D eigenvalue weighted by Gasteiger charge is 2.27. The lowest BCUT2D eigenvalue weighted by atomic mass is 10.0. The zero-order valence-corrected chi connectivity index (χ0v) is 13.6. The predicted molar refractivity (Wildman–Crippen MR) is 84.8 cm³/mol. The fourth-order valence-electron chi connectivity index (χ4n) is 2.57. The second-order valence-corrected chi connectivity index (χ2v) is 6.85. The first-order chi connectivity index (χ1) is 10.3. The van der Waals surface area contributed by atoms with Gasteiger partial charge in [-0.2, -0.15) is 0 Å². The highest BCUT2D eigenvalue weighted by atomic mass is 16.6. The quantitative estimate of drug-likeness (QED) is 0.817. The fourth-order valence-corrected chi connectivity index (χ4v) is 2.57. The molecule has 0 aromatic heterocycles. The van der Waals surface area contributed by atoms with Gasteiger partial charge in [-0.05, 0) is 33.6 Å². The molecule has 7 heteroatoms. The molecule has 124 valence electrons. The second kappa shape index (κ2) is 6.98. The maximum atomic E-state index is 11.7. The van der Waals surface area contributed by atoms with E-state index in [0.29, 0.717) is 12.3 Å². The smallest absolute Gasteiger partial charge is 0.413 e. The van der Waals surface area contributed by atoms with Gasteiger partial charge in [0, 0.05) is 19.3 Å². The molecule has 0 fully saturated rings. The molecule has 2 aliphatic rings. The van der Waals surface area contributed by atoms with Gasteiger partial charge >= 0.3 is 6.09 Å². The van der Waals surface area contributed by atoms with Crippen LogP contribution in [0.1, 0.15) is 59.3 Å². The number of hydrogen-bond donors (Lipinski definition) is 2. The van der Waals surface area contributed by atoms with E-state index in [0.717, 1.165) is 37.9 Å². The molecule has 0 radical (unpaired) electrons. The minimum Gasteiger partial charge on any atom is -0.444 e. The Bertz CT molecular complexity index is 468. The van der Waals surface area contributed by atoms with E-state index in [1.807, 2.05) is 20.8 Å². The van der Waals surface area contributed by atoms with Crippen molar-refractivity contribution in [1.82, 2.24) is 5.32 Å². The maximum Gasteiger partial charge on any atom is 0.413 e. The van der Waals surface area contributed by atoms with Crippen LogP contribution in [0.5, 0.6) is 0 Å². The van der Waals surface area contributed by atoms with Crippen molar-refractivity contribution in [1.29, 1.82) is 0 Å². The van der Waals surface area contributed by atoms with Crippen molar-refractivity contribution in [2.75, 3.05) is 0 Å². The fraction of sp³-hybridized carbons (Fsp3) is 0.800. The number of carbonyl (C=O) groups is 1. The third-order valence-electron chi connectivity index (χ3n) is 3.48. The zero-order chi connectivity index (χ0) is 16.2. The summed E-state index contributed by atoms with van der Waals surface area (Å²) in [4.78, 5) is 21.6. The van der Waals surface area contributed by atoms with E-state index in [-0.39, 0.29) is 12.1 Å². The summed E-state index contributed by atoms with van der Waals surface area (Å²) >= 11 is 0. The molecule has 22 heavy (non-hydrogen) atoms. The highest BCUT2D eigenvalue weighted by molar-refractivity contribution is 5.95. The van der Waals surface area contributed by atoms with Gasteiger partial charge in [0.05, 0.1) is 11.9 Å².